The molecule has 1 aromatic carbocycles. The lowest BCUT2D eigenvalue weighted by Crippen LogP contribution is -2.11. The van der Waals surface area contributed by atoms with E-state index in [1.54, 1.807) is 0 Å². The van der Waals surface area contributed by atoms with Gasteiger partial charge in [-0.15, -0.1) is 0 Å². The smallest absolute Gasteiger partial charge is 0.383 e. The van der Waals surface area contributed by atoms with Crippen molar-refractivity contribution in [2.75, 3.05) is 18.9 Å². The van der Waals surface area contributed by atoms with E-state index >= 15 is 0 Å². The zero-order chi connectivity index (χ0) is 18.2. The van der Waals surface area contributed by atoms with Gasteiger partial charge in [0, 0.05) is 18.1 Å². The van der Waals surface area contributed by atoms with Crippen molar-refractivity contribution in [3.05, 3.63) is 46.8 Å². The topological polar surface area (TPSA) is 71.9 Å². The van der Waals surface area contributed by atoms with Crippen molar-refractivity contribution in [2.45, 2.75) is 18.5 Å². The molecule has 25 heavy (non-hydrogen) atoms. The van der Waals surface area contributed by atoms with E-state index in [-0.39, 0.29) is 28.6 Å². The molecule has 130 valence electrons. The van der Waals surface area contributed by atoms with Crippen LogP contribution in [0.3, 0.4) is 0 Å². The zero-order valence-corrected chi connectivity index (χ0v) is 12.9. The highest BCUT2D eigenvalue weighted by atomic mass is 19.4. The van der Waals surface area contributed by atoms with Crippen LogP contribution < -0.4 is 5.73 Å². The molecule has 1 aromatic heterocycles. The van der Waals surface area contributed by atoms with Crippen LogP contribution in [0.25, 0.3) is 11.3 Å². The Morgan fingerprint density at radius 2 is 2.04 bits per heavy atom. The average molecular weight is 351 g/mol. The molecular weight excluding hydrogens is 338 g/mol. The van der Waals surface area contributed by atoms with Crippen LogP contribution in [0.2, 0.25) is 0 Å². The Bertz CT molecular complexity index is 852. The van der Waals surface area contributed by atoms with Crippen molar-refractivity contribution in [1.82, 2.24) is 4.98 Å². The average Bonchev–Trinajstić information content (AvgIpc) is 3.07. The maximum absolute atomic E-state index is 13.3. The van der Waals surface area contributed by atoms with E-state index in [4.69, 9.17) is 10.5 Å². The standard InChI is InChI=1S/C17H13F4N3O/c18-10-1-2-11(14(5-10)17(19,20)21)15-6-12(9-3-4-25-8-9)13(7-22)16(23)24-15/h1-2,5-6,9H,3-4,8H2,(H2,23,24)/t9-/m0/s1. The molecule has 1 aliphatic rings. The number of benzene rings is 1. The second-order valence-corrected chi connectivity index (χ2v) is 5.72. The summed E-state index contributed by atoms with van der Waals surface area (Å²) in [4.78, 5) is 3.94. The minimum atomic E-state index is -4.75. The fourth-order valence-corrected chi connectivity index (χ4v) is 2.92. The molecule has 0 saturated carbocycles. The van der Waals surface area contributed by atoms with E-state index in [0.717, 1.165) is 12.1 Å². The van der Waals surface area contributed by atoms with Gasteiger partial charge in [-0.1, -0.05) is 0 Å². The lowest BCUT2D eigenvalue weighted by atomic mass is 9.92. The van der Waals surface area contributed by atoms with Gasteiger partial charge >= 0.3 is 6.18 Å². The highest BCUT2D eigenvalue weighted by Gasteiger charge is 2.35. The Balaban J connectivity index is 2.21. The van der Waals surface area contributed by atoms with Crippen molar-refractivity contribution in [2.24, 2.45) is 0 Å². The third-order valence-corrected chi connectivity index (χ3v) is 4.12. The molecule has 0 aliphatic carbocycles. The number of aromatic nitrogens is 1. The van der Waals surface area contributed by atoms with Crippen LogP contribution in [0.1, 0.15) is 29.0 Å². The van der Waals surface area contributed by atoms with Crippen LogP contribution in [-0.4, -0.2) is 18.2 Å². The Hall–Kier alpha value is -2.66. The van der Waals surface area contributed by atoms with Crippen LogP contribution in [0.4, 0.5) is 23.4 Å². The van der Waals surface area contributed by atoms with Gasteiger partial charge in [-0.2, -0.15) is 18.4 Å². The van der Waals surface area contributed by atoms with Crippen LogP contribution in [0, 0.1) is 17.1 Å². The molecule has 1 atom stereocenters. The summed E-state index contributed by atoms with van der Waals surface area (Å²) in [6.07, 6.45) is -4.12. The van der Waals surface area contributed by atoms with E-state index in [0.29, 0.717) is 31.3 Å². The first-order valence-electron chi connectivity index (χ1n) is 7.46. The van der Waals surface area contributed by atoms with Gasteiger partial charge in [0.15, 0.2) is 0 Å². The molecule has 2 aromatic rings. The lowest BCUT2D eigenvalue weighted by molar-refractivity contribution is -0.137. The molecule has 2 heterocycles. The normalized spacial score (nSPS) is 17.5. The highest BCUT2D eigenvalue weighted by molar-refractivity contribution is 5.70. The maximum atomic E-state index is 13.3. The predicted octanol–water partition coefficient (Wildman–Crippen LogP) is 3.86. The van der Waals surface area contributed by atoms with Crippen LogP contribution >= 0.6 is 0 Å². The van der Waals surface area contributed by atoms with Gasteiger partial charge in [0.05, 0.1) is 23.4 Å². The third-order valence-electron chi connectivity index (χ3n) is 4.12. The lowest BCUT2D eigenvalue weighted by Gasteiger charge is -2.17. The van der Waals surface area contributed by atoms with E-state index < -0.39 is 17.6 Å². The largest absolute Gasteiger partial charge is 0.417 e. The van der Waals surface area contributed by atoms with Gasteiger partial charge in [-0.25, -0.2) is 9.37 Å². The molecule has 0 radical (unpaired) electrons. The number of nitrogens with two attached hydrogens (primary N) is 1. The molecule has 8 heteroatoms. The number of nitriles is 1. The van der Waals surface area contributed by atoms with E-state index in [1.807, 2.05) is 6.07 Å². The monoisotopic (exact) mass is 351 g/mol. The molecule has 1 saturated heterocycles. The SMILES string of the molecule is N#Cc1c([C@H]2CCOC2)cc(-c2ccc(F)cc2C(F)(F)F)nc1N. The summed E-state index contributed by atoms with van der Waals surface area (Å²) < 4.78 is 58.4. The number of nitrogen functional groups attached to an aromatic ring is 1. The minimum absolute atomic E-state index is 0.0503. The van der Waals surface area contributed by atoms with Gasteiger partial charge in [-0.3, -0.25) is 0 Å². The Labute approximate surface area is 140 Å². The molecule has 0 bridgehead atoms. The summed E-state index contributed by atoms with van der Waals surface area (Å²) in [7, 11) is 0. The summed E-state index contributed by atoms with van der Waals surface area (Å²) in [5, 5.41) is 9.30. The maximum Gasteiger partial charge on any atom is 0.417 e. The number of halogens is 4. The van der Waals surface area contributed by atoms with Crippen LogP contribution in [0.5, 0.6) is 0 Å². The van der Waals surface area contributed by atoms with Crippen molar-refractivity contribution < 1.29 is 22.3 Å². The van der Waals surface area contributed by atoms with Crippen molar-refractivity contribution in [3.63, 3.8) is 0 Å². The Kier molecular flexibility index (Phi) is 4.35. The van der Waals surface area contributed by atoms with Gasteiger partial charge < -0.3 is 10.5 Å². The number of rotatable bonds is 2. The number of anilines is 1. The second kappa shape index (κ2) is 6.33. The molecule has 2 N–H and O–H groups in total. The van der Waals surface area contributed by atoms with Gasteiger partial charge in [0.2, 0.25) is 0 Å². The molecular formula is C17H13F4N3O. The summed E-state index contributed by atoms with van der Waals surface area (Å²) in [5.74, 6) is -1.30. The number of pyridine rings is 1. The quantitative estimate of drug-likeness (QED) is 0.834. The fourth-order valence-electron chi connectivity index (χ4n) is 2.92. The summed E-state index contributed by atoms with van der Waals surface area (Å²) in [6.45, 7) is 0.852. The summed E-state index contributed by atoms with van der Waals surface area (Å²) in [5.41, 5.74) is 4.95. The Morgan fingerprint density at radius 3 is 2.64 bits per heavy atom. The summed E-state index contributed by atoms with van der Waals surface area (Å²) >= 11 is 0. The molecule has 4 nitrogen and oxygen atoms in total. The molecule has 0 amide bonds. The highest BCUT2D eigenvalue weighted by Crippen LogP contribution is 2.39. The van der Waals surface area contributed by atoms with Crippen molar-refractivity contribution in [3.8, 4) is 17.3 Å². The van der Waals surface area contributed by atoms with Crippen molar-refractivity contribution in [1.29, 1.82) is 5.26 Å². The van der Waals surface area contributed by atoms with E-state index in [1.165, 1.54) is 6.07 Å². The van der Waals surface area contributed by atoms with Crippen molar-refractivity contribution >= 4 is 5.82 Å². The first-order valence-corrected chi connectivity index (χ1v) is 7.46. The van der Waals surface area contributed by atoms with Gasteiger partial charge in [0.25, 0.3) is 0 Å². The first kappa shape index (κ1) is 17.2. The number of hydrogen-bond donors (Lipinski definition) is 1. The molecule has 0 spiro atoms. The number of alkyl halides is 3. The number of ether oxygens (including phenoxy) is 1. The van der Waals surface area contributed by atoms with Gasteiger partial charge in [-0.05, 0) is 36.2 Å². The number of hydrogen-bond acceptors (Lipinski definition) is 4. The molecule has 1 fully saturated rings. The third kappa shape index (κ3) is 3.28. The second-order valence-electron chi connectivity index (χ2n) is 5.72. The van der Waals surface area contributed by atoms with Crippen LogP contribution in [-0.2, 0) is 10.9 Å². The fraction of sp³-hybridized carbons (Fsp3) is 0.294. The zero-order valence-electron chi connectivity index (χ0n) is 12.9. The molecule has 0 unspecified atom stereocenters. The number of nitrogens with zero attached hydrogens (tertiary/aromatic N) is 2. The minimum Gasteiger partial charge on any atom is -0.383 e. The molecule has 1 aliphatic heterocycles. The first-order chi connectivity index (χ1) is 11.8. The predicted molar refractivity (Wildman–Crippen MR) is 81.9 cm³/mol. The van der Waals surface area contributed by atoms with Gasteiger partial charge in [0.1, 0.15) is 17.7 Å². The van der Waals surface area contributed by atoms with Crippen LogP contribution in [0.15, 0.2) is 24.3 Å². The summed E-state index contributed by atoms with van der Waals surface area (Å²) in [6, 6.07) is 5.73. The van der Waals surface area contributed by atoms with E-state index in [9.17, 15) is 22.8 Å². The van der Waals surface area contributed by atoms with E-state index in [2.05, 4.69) is 4.98 Å². The molecule has 3 rings (SSSR count). The Morgan fingerprint density at radius 1 is 1.28 bits per heavy atom.